The highest BCUT2D eigenvalue weighted by Gasteiger charge is 2.32. The first-order chi connectivity index (χ1) is 16.9. The third-order valence-corrected chi connectivity index (χ3v) is 7.58. The van der Waals surface area contributed by atoms with E-state index in [-0.39, 0.29) is 18.0 Å². The number of piperidine rings is 1. The van der Waals surface area contributed by atoms with Gasteiger partial charge in [-0.3, -0.25) is 4.79 Å². The van der Waals surface area contributed by atoms with Gasteiger partial charge in [-0.2, -0.15) is 0 Å². The summed E-state index contributed by atoms with van der Waals surface area (Å²) in [7, 11) is 0. The van der Waals surface area contributed by atoms with Crippen molar-refractivity contribution in [2.24, 2.45) is 0 Å². The first kappa shape index (κ1) is 24.0. The largest absolute Gasteiger partial charge is 0.378 e. The van der Waals surface area contributed by atoms with Gasteiger partial charge in [-0.05, 0) is 91.8 Å². The van der Waals surface area contributed by atoms with Crippen molar-refractivity contribution < 1.29 is 4.79 Å². The number of anilines is 3. The molecule has 0 bridgehead atoms. The highest BCUT2D eigenvalue weighted by molar-refractivity contribution is 6.35. The Kier molecular flexibility index (Phi) is 6.95. The van der Waals surface area contributed by atoms with Crippen LogP contribution < -0.4 is 15.1 Å². The van der Waals surface area contributed by atoms with E-state index in [9.17, 15) is 4.79 Å². The van der Waals surface area contributed by atoms with E-state index in [4.69, 9.17) is 23.2 Å². The third kappa shape index (κ3) is 5.14. The van der Waals surface area contributed by atoms with Crippen LogP contribution >= 0.6 is 23.2 Å². The summed E-state index contributed by atoms with van der Waals surface area (Å²) >= 11 is 12.5. The minimum atomic E-state index is 0.0257. The SMILES string of the molecule is CC(=O)N1c2ccc(-c3ccc(N4CCCCC4)cc3)cc2[C@@H](Nc2cc(Cl)cc(Cl)c2)C[C@H]1C. The van der Waals surface area contributed by atoms with E-state index in [0.717, 1.165) is 42.0 Å². The van der Waals surface area contributed by atoms with Crippen LogP contribution in [0.3, 0.4) is 0 Å². The molecule has 6 heteroatoms. The van der Waals surface area contributed by atoms with Gasteiger partial charge in [0.15, 0.2) is 0 Å². The number of nitrogens with zero attached hydrogens (tertiary/aromatic N) is 2. The number of carbonyl (C=O) groups is 1. The van der Waals surface area contributed by atoms with Crippen LogP contribution in [0, 0.1) is 0 Å². The number of carbonyl (C=O) groups excluding carboxylic acids is 1. The number of hydrogen-bond donors (Lipinski definition) is 1. The molecule has 4 nitrogen and oxygen atoms in total. The molecule has 2 heterocycles. The summed E-state index contributed by atoms with van der Waals surface area (Å²) in [6.07, 6.45) is 4.65. The van der Waals surface area contributed by atoms with Gasteiger partial charge in [0.05, 0.1) is 6.04 Å². The Morgan fingerprint density at radius 1 is 0.886 bits per heavy atom. The quantitative estimate of drug-likeness (QED) is 0.389. The van der Waals surface area contributed by atoms with E-state index in [1.165, 1.54) is 30.5 Å². The molecule has 0 unspecified atom stereocenters. The zero-order chi connectivity index (χ0) is 24.5. The fraction of sp³-hybridized carbons (Fsp3) is 0.345. The average Bonchev–Trinajstić information content (AvgIpc) is 2.84. The Bertz CT molecular complexity index is 1200. The van der Waals surface area contributed by atoms with E-state index in [0.29, 0.717) is 10.0 Å². The van der Waals surface area contributed by atoms with Crippen molar-refractivity contribution in [3.05, 3.63) is 76.3 Å². The molecule has 0 aliphatic carbocycles. The number of halogens is 2. The molecule has 35 heavy (non-hydrogen) atoms. The van der Waals surface area contributed by atoms with Gasteiger partial charge in [-0.25, -0.2) is 0 Å². The fourth-order valence-corrected chi connectivity index (χ4v) is 6.04. The van der Waals surface area contributed by atoms with E-state index in [2.05, 4.69) is 59.6 Å². The monoisotopic (exact) mass is 507 g/mol. The molecular formula is C29H31Cl2N3O. The number of hydrogen-bond acceptors (Lipinski definition) is 3. The van der Waals surface area contributed by atoms with Crippen LogP contribution in [0.15, 0.2) is 60.7 Å². The average molecular weight is 508 g/mol. The number of amides is 1. The van der Waals surface area contributed by atoms with Crippen molar-refractivity contribution in [3.63, 3.8) is 0 Å². The van der Waals surface area contributed by atoms with Crippen molar-refractivity contribution in [2.45, 2.75) is 51.6 Å². The lowest BCUT2D eigenvalue weighted by Gasteiger charge is -2.40. The number of rotatable bonds is 4. The molecule has 0 radical (unpaired) electrons. The van der Waals surface area contributed by atoms with Crippen molar-refractivity contribution in [1.82, 2.24) is 0 Å². The van der Waals surface area contributed by atoms with Gasteiger partial charge in [0.2, 0.25) is 5.91 Å². The predicted octanol–water partition coefficient (Wildman–Crippen LogP) is 7.95. The summed E-state index contributed by atoms with van der Waals surface area (Å²) in [4.78, 5) is 16.9. The molecule has 1 fully saturated rings. The van der Waals surface area contributed by atoms with Gasteiger partial charge in [-0.1, -0.05) is 41.4 Å². The van der Waals surface area contributed by atoms with Crippen LogP contribution in [0.5, 0.6) is 0 Å². The Morgan fingerprint density at radius 3 is 2.20 bits per heavy atom. The molecule has 2 atom stereocenters. The zero-order valence-electron chi connectivity index (χ0n) is 20.2. The van der Waals surface area contributed by atoms with Crippen LogP contribution in [0.1, 0.15) is 51.1 Å². The van der Waals surface area contributed by atoms with Gasteiger partial charge in [0.25, 0.3) is 0 Å². The maximum atomic E-state index is 12.5. The predicted molar refractivity (Wildman–Crippen MR) is 148 cm³/mol. The smallest absolute Gasteiger partial charge is 0.224 e. The summed E-state index contributed by atoms with van der Waals surface area (Å²) in [5.41, 5.74) is 6.54. The molecule has 2 aliphatic rings. The summed E-state index contributed by atoms with van der Waals surface area (Å²) in [5.74, 6) is 0.0571. The Labute approximate surface area is 217 Å². The first-order valence-electron chi connectivity index (χ1n) is 12.4. The third-order valence-electron chi connectivity index (χ3n) is 7.14. The van der Waals surface area contributed by atoms with Crippen LogP contribution in [-0.2, 0) is 4.79 Å². The Hall–Kier alpha value is -2.69. The highest BCUT2D eigenvalue weighted by atomic mass is 35.5. The molecule has 2 aliphatic heterocycles. The molecular weight excluding hydrogens is 477 g/mol. The molecule has 1 N–H and O–H groups in total. The summed E-state index contributed by atoms with van der Waals surface area (Å²) in [5, 5.41) is 4.81. The second-order valence-corrected chi connectivity index (χ2v) is 10.6. The van der Waals surface area contributed by atoms with E-state index >= 15 is 0 Å². The lowest BCUT2D eigenvalue weighted by Crippen LogP contribution is -2.43. The molecule has 3 aromatic carbocycles. The topological polar surface area (TPSA) is 35.6 Å². The molecule has 0 spiro atoms. The van der Waals surface area contributed by atoms with Gasteiger partial charge >= 0.3 is 0 Å². The molecule has 182 valence electrons. The molecule has 0 saturated carbocycles. The van der Waals surface area contributed by atoms with E-state index < -0.39 is 0 Å². The lowest BCUT2D eigenvalue weighted by atomic mass is 9.89. The first-order valence-corrected chi connectivity index (χ1v) is 13.2. The van der Waals surface area contributed by atoms with Gasteiger partial charge < -0.3 is 15.1 Å². The summed E-state index contributed by atoms with van der Waals surface area (Å²) in [6, 6.07) is 20.9. The van der Waals surface area contributed by atoms with Crippen LogP contribution in [0.4, 0.5) is 17.1 Å². The minimum Gasteiger partial charge on any atom is -0.378 e. The van der Waals surface area contributed by atoms with Crippen molar-refractivity contribution in [1.29, 1.82) is 0 Å². The highest BCUT2D eigenvalue weighted by Crippen LogP contribution is 2.42. The number of fused-ring (bicyclic) bond motifs is 1. The molecule has 1 amide bonds. The van der Waals surface area contributed by atoms with Crippen LogP contribution in [-0.4, -0.2) is 25.0 Å². The molecule has 5 rings (SSSR count). The maximum Gasteiger partial charge on any atom is 0.224 e. The van der Waals surface area contributed by atoms with Crippen molar-refractivity contribution in [2.75, 3.05) is 28.2 Å². The molecule has 0 aromatic heterocycles. The number of benzene rings is 3. The van der Waals surface area contributed by atoms with Crippen LogP contribution in [0.25, 0.3) is 11.1 Å². The Morgan fingerprint density at radius 2 is 1.54 bits per heavy atom. The fourth-order valence-electron chi connectivity index (χ4n) is 5.52. The second-order valence-electron chi connectivity index (χ2n) is 9.70. The van der Waals surface area contributed by atoms with Crippen molar-refractivity contribution >= 4 is 46.2 Å². The standard InChI is InChI=1S/C29H31Cl2N3O/c1-19-14-28(32-25-17-23(30)16-24(31)18-25)27-15-22(8-11-29(27)34(19)20(2)35)21-6-9-26(10-7-21)33-12-4-3-5-13-33/h6-11,15-19,28,32H,3-5,12-14H2,1-2H3/t19-,28+/m1/s1. The maximum absolute atomic E-state index is 12.5. The Balaban J connectivity index is 1.49. The molecule has 1 saturated heterocycles. The molecule has 3 aromatic rings. The van der Waals surface area contributed by atoms with Gasteiger partial charge in [0, 0.05) is 53.2 Å². The lowest BCUT2D eigenvalue weighted by molar-refractivity contribution is -0.117. The summed E-state index contributed by atoms with van der Waals surface area (Å²) in [6.45, 7) is 6.01. The second kappa shape index (κ2) is 10.1. The van der Waals surface area contributed by atoms with E-state index in [1.807, 2.05) is 17.0 Å². The van der Waals surface area contributed by atoms with E-state index in [1.54, 1.807) is 13.0 Å². The number of nitrogens with one attached hydrogen (secondary N) is 1. The van der Waals surface area contributed by atoms with Crippen molar-refractivity contribution in [3.8, 4) is 11.1 Å². The normalized spacial score (nSPS) is 19.9. The van der Waals surface area contributed by atoms with Crippen LogP contribution in [0.2, 0.25) is 10.0 Å². The van der Waals surface area contributed by atoms with Gasteiger partial charge in [-0.15, -0.1) is 0 Å². The summed E-state index contributed by atoms with van der Waals surface area (Å²) < 4.78 is 0. The zero-order valence-corrected chi connectivity index (χ0v) is 21.7. The minimum absolute atomic E-state index is 0.0257. The van der Waals surface area contributed by atoms with Gasteiger partial charge in [0.1, 0.15) is 0 Å².